The van der Waals surface area contributed by atoms with Crippen molar-refractivity contribution in [2.45, 2.75) is 12.6 Å². The highest BCUT2D eigenvalue weighted by atomic mass is 19.1. The lowest BCUT2D eigenvalue weighted by molar-refractivity contribution is -0.138. The standard InChI is InChI=1S/C17H24FN3O3/c1-23-16-3-2-13(10-14(16)18)11-20-5-7-21(8-6-20)17(22)15-12-24-9-4-19-15/h2-3,10,15,19H,4-9,11-12H2,1H3. The van der Waals surface area contributed by atoms with Gasteiger partial charge < -0.3 is 19.7 Å². The maximum atomic E-state index is 13.8. The molecule has 7 heteroatoms. The molecule has 132 valence electrons. The Balaban J connectivity index is 1.49. The van der Waals surface area contributed by atoms with Gasteiger partial charge in [0.05, 0.1) is 20.3 Å². The summed E-state index contributed by atoms with van der Waals surface area (Å²) in [5.74, 6) is 0.0356. The van der Waals surface area contributed by atoms with Crippen LogP contribution in [0.25, 0.3) is 0 Å². The quantitative estimate of drug-likeness (QED) is 0.865. The minimum atomic E-state index is -0.341. The molecule has 0 saturated carbocycles. The minimum Gasteiger partial charge on any atom is -0.494 e. The molecule has 2 fully saturated rings. The molecule has 1 aromatic rings. The van der Waals surface area contributed by atoms with Crippen LogP contribution >= 0.6 is 0 Å². The Labute approximate surface area is 141 Å². The van der Waals surface area contributed by atoms with Gasteiger partial charge in [-0.05, 0) is 17.7 Å². The van der Waals surface area contributed by atoms with Gasteiger partial charge in [0.25, 0.3) is 0 Å². The minimum absolute atomic E-state index is 0.116. The molecule has 0 spiro atoms. The highest BCUT2D eigenvalue weighted by molar-refractivity contribution is 5.82. The van der Waals surface area contributed by atoms with Crippen LogP contribution in [0.4, 0.5) is 4.39 Å². The van der Waals surface area contributed by atoms with Crippen molar-refractivity contribution in [2.24, 2.45) is 0 Å². The number of carbonyl (C=O) groups is 1. The number of amides is 1. The maximum Gasteiger partial charge on any atom is 0.242 e. The molecule has 24 heavy (non-hydrogen) atoms. The third-order valence-corrected chi connectivity index (χ3v) is 4.53. The first-order valence-corrected chi connectivity index (χ1v) is 8.32. The zero-order valence-electron chi connectivity index (χ0n) is 14.0. The van der Waals surface area contributed by atoms with Gasteiger partial charge in [-0.1, -0.05) is 6.07 Å². The predicted molar refractivity (Wildman–Crippen MR) is 87.4 cm³/mol. The van der Waals surface area contributed by atoms with Gasteiger partial charge in [0.2, 0.25) is 5.91 Å². The average Bonchev–Trinajstić information content (AvgIpc) is 2.63. The fourth-order valence-electron chi connectivity index (χ4n) is 3.14. The molecule has 1 N–H and O–H groups in total. The largest absolute Gasteiger partial charge is 0.494 e. The number of rotatable bonds is 4. The molecular weight excluding hydrogens is 313 g/mol. The van der Waals surface area contributed by atoms with E-state index in [2.05, 4.69) is 10.2 Å². The van der Waals surface area contributed by atoms with Crippen molar-refractivity contribution in [3.05, 3.63) is 29.6 Å². The van der Waals surface area contributed by atoms with E-state index in [1.807, 2.05) is 11.0 Å². The third-order valence-electron chi connectivity index (χ3n) is 4.53. The second kappa shape index (κ2) is 7.92. The number of ether oxygens (including phenoxy) is 2. The zero-order chi connectivity index (χ0) is 16.9. The van der Waals surface area contributed by atoms with Crippen LogP contribution in [-0.2, 0) is 16.1 Å². The van der Waals surface area contributed by atoms with Gasteiger partial charge in [0.15, 0.2) is 11.6 Å². The molecule has 3 rings (SSSR count). The highest BCUT2D eigenvalue weighted by Crippen LogP contribution is 2.19. The molecule has 2 aliphatic heterocycles. The summed E-state index contributed by atoms with van der Waals surface area (Å²) in [6, 6.07) is 4.82. The molecule has 0 radical (unpaired) electrons. The Kier molecular flexibility index (Phi) is 5.65. The van der Waals surface area contributed by atoms with Crippen LogP contribution in [0.1, 0.15) is 5.56 Å². The molecule has 2 saturated heterocycles. The van der Waals surface area contributed by atoms with Crippen molar-refractivity contribution in [1.29, 1.82) is 0 Å². The molecule has 0 aliphatic carbocycles. The third kappa shape index (κ3) is 4.03. The van der Waals surface area contributed by atoms with Crippen molar-refractivity contribution in [2.75, 3.05) is 53.0 Å². The Morgan fingerprint density at radius 1 is 1.38 bits per heavy atom. The van der Waals surface area contributed by atoms with Crippen molar-refractivity contribution in [3.63, 3.8) is 0 Å². The number of nitrogens with zero attached hydrogens (tertiary/aromatic N) is 2. The second-order valence-corrected chi connectivity index (χ2v) is 6.15. The average molecular weight is 337 g/mol. The van der Waals surface area contributed by atoms with Crippen LogP contribution in [0.15, 0.2) is 18.2 Å². The smallest absolute Gasteiger partial charge is 0.242 e. The monoisotopic (exact) mass is 337 g/mol. The first kappa shape index (κ1) is 17.1. The summed E-state index contributed by atoms with van der Waals surface area (Å²) in [4.78, 5) is 16.6. The fourth-order valence-corrected chi connectivity index (χ4v) is 3.14. The van der Waals surface area contributed by atoms with Gasteiger partial charge in [-0.15, -0.1) is 0 Å². The van der Waals surface area contributed by atoms with Gasteiger partial charge >= 0.3 is 0 Å². The van der Waals surface area contributed by atoms with Crippen LogP contribution in [0, 0.1) is 5.82 Å². The van der Waals surface area contributed by atoms with Gasteiger partial charge in [-0.25, -0.2) is 4.39 Å². The summed E-state index contributed by atoms with van der Waals surface area (Å²) in [6.07, 6.45) is 0. The van der Waals surface area contributed by atoms with E-state index in [0.717, 1.165) is 25.2 Å². The number of benzene rings is 1. The lowest BCUT2D eigenvalue weighted by Gasteiger charge is -2.37. The summed E-state index contributed by atoms with van der Waals surface area (Å²) in [5.41, 5.74) is 0.912. The SMILES string of the molecule is COc1ccc(CN2CCN(C(=O)C3COCCN3)CC2)cc1F. The van der Waals surface area contributed by atoms with Crippen molar-refractivity contribution in [1.82, 2.24) is 15.1 Å². The first-order chi connectivity index (χ1) is 11.7. The van der Waals surface area contributed by atoms with E-state index in [0.29, 0.717) is 32.8 Å². The Bertz CT molecular complexity index is 570. The zero-order valence-corrected chi connectivity index (χ0v) is 14.0. The van der Waals surface area contributed by atoms with E-state index < -0.39 is 0 Å². The lowest BCUT2D eigenvalue weighted by atomic mass is 10.1. The summed E-state index contributed by atoms with van der Waals surface area (Å²) in [6.45, 7) is 5.46. The van der Waals surface area contributed by atoms with Gasteiger partial charge in [-0.2, -0.15) is 0 Å². The highest BCUT2D eigenvalue weighted by Gasteiger charge is 2.28. The van der Waals surface area contributed by atoms with Crippen LogP contribution in [0.3, 0.4) is 0 Å². The molecule has 2 aliphatic rings. The Morgan fingerprint density at radius 2 is 2.17 bits per heavy atom. The number of nitrogens with one attached hydrogen (secondary N) is 1. The Morgan fingerprint density at radius 3 is 2.79 bits per heavy atom. The first-order valence-electron chi connectivity index (χ1n) is 8.32. The number of halogens is 1. The van der Waals surface area contributed by atoms with E-state index in [4.69, 9.17) is 9.47 Å². The molecule has 1 amide bonds. The van der Waals surface area contributed by atoms with E-state index in [9.17, 15) is 9.18 Å². The van der Waals surface area contributed by atoms with E-state index in [-0.39, 0.29) is 23.5 Å². The molecule has 0 bridgehead atoms. The van der Waals surface area contributed by atoms with Crippen molar-refractivity contribution >= 4 is 5.91 Å². The van der Waals surface area contributed by atoms with E-state index >= 15 is 0 Å². The van der Waals surface area contributed by atoms with Crippen LogP contribution in [-0.4, -0.2) is 74.8 Å². The van der Waals surface area contributed by atoms with Gasteiger partial charge in [0.1, 0.15) is 6.04 Å². The molecular formula is C17H24FN3O3. The topological polar surface area (TPSA) is 54.0 Å². The normalized spacial score (nSPS) is 22.4. The van der Waals surface area contributed by atoms with Crippen molar-refractivity contribution in [3.8, 4) is 5.75 Å². The fraction of sp³-hybridized carbons (Fsp3) is 0.588. The maximum absolute atomic E-state index is 13.8. The molecule has 0 aromatic heterocycles. The summed E-state index contributed by atoms with van der Waals surface area (Å²) < 4.78 is 24.1. The molecule has 1 unspecified atom stereocenters. The Hall–Kier alpha value is -1.70. The number of morpholine rings is 1. The van der Waals surface area contributed by atoms with Crippen LogP contribution < -0.4 is 10.1 Å². The van der Waals surface area contributed by atoms with E-state index in [1.54, 1.807) is 6.07 Å². The van der Waals surface area contributed by atoms with Gasteiger partial charge in [-0.3, -0.25) is 9.69 Å². The number of piperazine rings is 1. The van der Waals surface area contributed by atoms with E-state index in [1.165, 1.54) is 13.2 Å². The molecule has 6 nitrogen and oxygen atoms in total. The summed E-state index contributed by atoms with van der Waals surface area (Å²) >= 11 is 0. The number of hydrogen-bond acceptors (Lipinski definition) is 5. The van der Waals surface area contributed by atoms with Crippen LogP contribution in [0.2, 0.25) is 0 Å². The molecule has 1 aromatic carbocycles. The summed E-state index contributed by atoms with van der Waals surface area (Å²) in [5, 5.41) is 3.20. The summed E-state index contributed by atoms with van der Waals surface area (Å²) in [7, 11) is 1.46. The molecule has 1 atom stereocenters. The number of hydrogen-bond donors (Lipinski definition) is 1. The van der Waals surface area contributed by atoms with Crippen molar-refractivity contribution < 1.29 is 18.7 Å². The molecule has 2 heterocycles. The second-order valence-electron chi connectivity index (χ2n) is 6.15. The predicted octanol–water partition coefficient (Wildman–Crippen LogP) is 0.467. The van der Waals surface area contributed by atoms with Gasteiger partial charge in [0, 0.05) is 39.3 Å². The number of carbonyl (C=O) groups excluding carboxylic acids is 1. The lowest BCUT2D eigenvalue weighted by Crippen LogP contribution is -2.57. The number of methoxy groups -OCH3 is 1. The van der Waals surface area contributed by atoms with Crippen LogP contribution in [0.5, 0.6) is 5.75 Å².